The highest BCUT2D eigenvalue weighted by Crippen LogP contribution is 2.40. The molecule has 0 bridgehead atoms. The van der Waals surface area contributed by atoms with Gasteiger partial charge in [-0.15, -0.1) is 11.5 Å². The molecular weight excluding hydrogens is 388 g/mol. The van der Waals surface area contributed by atoms with E-state index in [9.17, 15) is 14.4 Å². The molecule has 3 aliphatic rings. The third kappa shape index (κ3) is 3.95. The monoisotopic (exact) mass is 416 g/mol. The highest BCUT2D eigenvalue weighted by Gasteiger charge is 2.39. The smallest absolute Gasteiger partial charge is 0.260 e. The molecule has 4 rings (SSSR count). The van der Waals surface area contributed by atoms with E-state index in [4.69, 9.17) is 0 Å². The van der Waals surface area contributed by atoms with Crippen LogP contribution in [0.3, 0.4) is 0 Å². The summed E-state index contributed by atoms with van der Waals surface area (Å²) in [6.07, 6.45) is 5.68. The zero-order chi connectivity index (χ0) is 22.0. The van der Waals surface area contributed by atoms with Gasteiger partial charge in [0.25, 0.3) is 5.91 Å². The van der Waals surface area contributed by atoms with Gasteiger partial charge in [-0.2, -0.15) is 0 Å². The quantitative estimate of drug-likeness (QED) is 0.417. The van der Waals surface area contributed by atoms with Crippen LogP contribution in [0.1, 0.15) is 60.9 Å². The van der Waals surface area contributed by atoms with Gasteiger partial charge in [0.1, 0.15) is 12.1 Å². The molecule has 2 aliphatic heterocycles. The molecule has 1 aliphatic carbocycles. The molecule has 2 fully saturated rings. The maximum atomic E-state index is 13.5. The molecule has 2 heterocycles. The second kappa shape index (κ2) is 8.93. The van der Waals surface area contributed by atoms with Crippen molar-refractivity contribution >= 4 is 29.4 Å². The Kier molecular flexibility index (Phi) is 6.08. The van der Waals surface area contributed by atoms with Crippen LogP contribution in [0.4, 0.5) is 5.69 Å². The third-order valence-electron chi connectivity index (χ3n) is 6.84. The number of benzene rings is 1. The fourth-order valence-corrected chi connectivity index (χ4v) is 5.04. The van der Waals surface area contributed by atoms with Crippen LogP contribution in [0.25, 0.3) is 5.70 Å². The molecule has 160 valence electrons. The molecule has 0 spiro atoms. The fraction of sp³-hybridized carbons (Fsp3) is 0.423. The maximum Gasteiger partial charge on any atom is 0.260 e. The summed E-state index contributed by atoms with van der Waals surface area (Å²) >= 11 is 0. The Morgan fingerprint density at radius 1 is 1.00 bits per heavy atom. The van der Waals surface area contributed by atoms with Gasteiger partial charge in [-0.3, -0.25) is 14.5 Å². The molecule has 0 aromatic heterocycles. The highest BCUT2D eigenvalue weighted by molar-refractivity contribution is 6.10. The topological polar surface area (TPSA) is 57.7 Å². The largest absolute Gasteiger partial charge is 0.371 e. The van der Waals surface area contributed by atoms with E-state index in [1.807, 2.05) is 18.2 Å². The molecule has 0 N–H and O–H groups in total. The number of rotatable bonds is 4. The van der Waals surface area contributed by atoms with Crippen molar-refractivity contribution in [2.75, 3.05) is 18.0 Å². The number of carbonyl (C=O) groups is 3. The van der Waals surface area contributed by atoms with Gasteiger partial charge in [-0.05, 0) is 55.4 Å². The highest BCUT2D eigenvalue weighted by atomic mass is 16.2. The Morgan fingerprint density at radius 3 is 2.45 bits per heavy atom. The number of fused-ring (bicyclic) bond motifs is 1. The van der Waals surface area contributed by atoms with Crippen LogP contribution in [-0.2, 0) is 9.59 Å². The second-order valence-corrected chi connectivity index (χ2v) is 8.56. The van der Waals surface area contributed by atoms with Crippen LogP contribution in [-0.4, -0.2) is 42.0 Å². The summed E-state index contributed by atoms with van der Waals surface area (Å²) in [6.45, 7) is 9.41. The van der Waals surface area contributed by atoms with E-state index < -0.39 is 0 Å². The number of amides is 1. The molecule has 1 unspecified atom stereocenters. The van der Waals surface area contributed by atoms with E-state index in [1.54, 1.807) is 4.90 Å². The second-order valence-electron chi connectivity index (χ2n) is 8.56. The minimum Gasteiger partial charge on any atom is -0.371 e. The number of nitrogens with zero attached hydrogens (tertiary/aromatic N) is 2. The van der Waals surface area contributed by atoms with Gasteiger partial charge in [0, 0.05) is 43.6 Å². The van der Waals surface area contributed by atoms with Crippen molar-refractivity contribution in [3.05, 3.63) is 59.5 Å². The maximum absolute atomic E-state index is 13.5. The van der Waals surface area contributed by atoms with Crippen molar-refractivity contribution in [2.45, 2.75) is 51.0 Å². The zero-order valence-electron chi connectivity index (χ0n) is 17.9. The molecule has 31 heavy (non-hydrogen) atoms. The van der Waals surface area contributed by atoms with Crippen molar-refractivity contribution in [2.24, 2.45) is 5.92 Å². The Morgan fingerprint density at radius 2 is 1.77 bits per heavy atom. The van der Waals surface area contributed by atoms with Crippen LogP contribution in [0.5, 0.6) is 0 Å². The first kappa shape index (κ1) is 21.1. The molecule has 5 nitrogen and oxygen atoms in total. The van der Waals surface area contributed by atoms with Crippen LogP contribution in [0.2, 0.25) is 0 Å². The molecule has 1 aromatic carbocycles. The van der Waals surface area contributed by atoms with Gasteiger partial charge in [0.15, 0.2) is 0 Å². The molecule has 1 atom stereocenters. The standard InChI is InChI=1S/C26H28N2O3/c1-3-19-5-7-21(30)8-10-25(19)28-24(4-2)22-9-6-20(17-23(22)26(28)31)27-14-11-18(12-15-27)13-16-29/h6,9,16-18,25H,1-2,5,7-8,10-15H2. The number of carbonyl (C=O) groups excluding carboxylic acids is 3. The Bertz CT molecular complexity index is 1020. The minimum absolute atomic E-state index is 0.0778. The van der Waals surface area contributed by atoms with Crippen molar-refractivity contribution in [1.29, 1.82) is 0 Å². The number of hydrogen-bond acceptors (Lipinski definition) is 4. The minimum atomic E-state index is -0.240. The fourth-order valence-electron chi connectivity index (χ4n) is 5.04. The normalized spacial score (nSPS) is 22.1. The van der Waals surface area contributed by atoms with Gasteiger partial charge < -0.3 is 9.69 Å². The Balaban J connectivity index is 1.62. The van der Waals surface area contributed by atoms with Crippen LogP contribution in [0.15, 0.2) is 48.4 Å². The van der Waals surface area contributed by atoms with E-state index in [2.05, 4.69) is 29.5 Å². The van der Waals surface area contributed by atoms with Gasteiger partial charge in [0.2, 0.25) is 0 Å². The number of piperidine rings is 1. The molecule has 0 radical (unpaired) electrons. The number of hydrogen-bond donors (Lipinski definition) is 0. The molecule has 1 aromatic rings. The molecule has 1 amide bonds. The summed E-state index contributed by atoms with van der Waals surface area (Å²) < 4.78 is 0. The van der Waals surface area contributed by atoms with Crippen molar-refractivity contribution < 1.29 is 14.4 Å². The first-order valence-corrected chi connectivity index (χ1v) is 11.0. The van der Waals surface area contributed by atoms with Crippen LogP contribution >= 0.6 is 0 Å². The van der Waals surface area contributed by atoms with Gasteiger partial charge in [-0.25, -0.2) is 0 Å². The molecule has 5 heteroatoms. The van der Waals surface area contributed by atoms with E-state index in [0.29, 0.717) is 49.3 Å². The van der Waals surface area contributed by atoms with Crippen molar-refractivity contribution in [1.82, 2.24) is 4.90 Å². The molecule has 1 saturated heterocycles. The number of aldehydes is 1. The summed E-state index contributed by atoms with van der Waals surface area (Å²) in [7, 11) is 0. The summed E-state index contributed by atoms with van der Waals surface area (Å²) in [5.41, 5.74) is 10.0. The lowest BCUT2D eigenvalue weighted by Crippen LogP contribution is -2.36. The third-order valence-corrected chi connectivity index (χ3v) is 6.84. The average Bonchev–Trinajstić information content (AvgIpc) is 2.93. The van der Waals surface area contributed by atoms with Gasteiger partial charge >= 0.3 is 0 Å². The first-order chi connectivity index (χ1) is 15.1. The lowest BCUT2D eigenvalue weighted by molar-refractivity contribution is -0.119. The average molecular weight is 417 g/mol. The number of Topliss-reactive ketones (excluding diaryl/α,β-unsaturated/α-hetero) is 1. The predicted octanol–water partition coefficient (Wildman–Crippen LogP) is 4.30. The lowest BCUT2D eigenvalue weighted by Gasteiger charge is -2.33. The molecular formula is C26H28N2O3. The van der Waals surface area contributed by atoms with Gasteiger partial charge in [0.05, 0.1) is 17.3 Å². The summed E-state index contributed by atoms with van der Waals surface area (Å²) in [6, 6.07) is 5.75. The van der Waals surface area contributed by atoms with Crippen LogP contribution in [0, 0.1) is 5.92 Å². The lowest BCUT2D eigenvalue weighted by atomic mass is 9.93. The van der Waals surface area contributed by atoms with Crippen LogP contribution < -0.4 is 4.90 Å². The summed E-state index contributed by atoms with van der Waals surface area (Å²) in [5, 5.41) is 0. The number of ketones is 1. The number of anilines is 1. The van der Waals surface area contributed by atoms with Crippen molar-refractivity contribution in [3.63, 3.8) is 0 Å². The van der Waals surface area contributed by atoms with E-state index in [0.717, 1.165) is 49.0 Å². The Labute approximate surface area is 183 Å². The summed E-state index contributed by atoms with van der Waals surface area (Å²) in [4.78, 5) is 40.4. The van der Waals surface area contributed by atoms with E-state index in [1.165, 1.54) is 0 Å². The van der Waals surface area contributed by atoms with E-state index in [-0.39, 0.29) is 17.7 Å². The first-order valence-electron chi connectivity index (χ1n) is 11.0. The zero-order valence-corrected chi connectivity index (χ0v) is 17.9. The Hall–Kier alpha value is -3.13. The molecule has 1 saturated carbocycles. The predicted molar refractivity (Wildman–Crippen MR) is 121 cm³/mol. The van der Waals surface area contributed by atoms with Gasteiger partial charge in [-0.1, -0.05) is 13.2 Å². The summed E-state index contributed by atoms with van der Waals surface area (Å²) in [5.74, 6) is 0.590. The van der Waals surface area contributed by atoms with E-state index >= 15 is 0 Å². The SMILES string of the molecule is C=C=C1CCC(=O)CCC1N1C(=O)c2cc(N3CCC(CC=O)CC3)ccc2C1=C=C. The van der Waals surface area contributed by atoms with Crippen molar-refractivity contribution in [3.8, 4) is 0 Å².